The smallest absolute Gasteiger partial charge is 0.324 e. The number of nitrogens with zero attached hydrogens (tertiary/aromatic N) is 4. The second kappa shape index (κ2) is 13.8. The van der Waals surface area contributed by atoms with Crippen LogP contribution in [-0.4, -0.2) is 92.3 Å². The van der Waals surface area contributed by atoms with Crippen LogP contribution in [0.1, 0.15) is 27.0 Å². The molecular formula is C32H38FN5O4S. The summed E-state index contributed by atoms with van der Waals surface area (Å²) >= 11 is 0. The summed E-state index contributed by atoms with van der Waals surface area (Å²) < 4.78 is 39.0. The molecule has 0 aliphatic carbocycles. The van der Waals surface area contributed by atoms with Gasteiger partial charge < -0.3 is 10.6 Å². The molecule has 43 heavy (non-hydrogen) atoms. The van der Waals surface area contributed by atoms with Crippen LogP contribution in [0.5, 0.6) is 0 Å². The maximum absolute atomic E-state index is 15.1. The first-order valence-electron chi connectivity index (χ1n) is 14.6. The number of urea groups is 1. The molecule has 0 aromatic heterocycles. The lowest BCUT2D eigenvalue weighted by atomic mass is 10.1. The van der Waals surface area contributed by atoms with Crippen molar-refractivity contribution in [3.63, 3.8) is 0 Å². The largest absolute Gasteiger partial charge is 0.324 e. The van der Waals surface area contributed by atoms with Crippen LogP contribution < -0.4 is 10.6 Å². The second-order valence-corrected chi connectivity index (χ2v) is 13.4. The molecule has 0 unspecified atom stereocenters. The van der Waals surface area contributed by atoms with Crippen molar-refractivity contribution >= 4 is 27.3 Å². The fourth-order valence-electron chi connectivity index (χ4n) is 5.47. The molecule has 0 atom stereocenters. The summed E-state index contributed by atoms with van der Waals surface area (Å²) in [6, 6.07) is 21.9. The van der Waals surface area contributed by atoms with Crippen molar-refractivity contribution < 1.29 is 22.4 Å². The molecule has 0 saturated carbocycles. The molecule has 9 nitrogen and oxygen atoms in total. The number of hydrogen-bond donors (Lipinski definition) is 1. The van der Waals surface area contributed by atoms with E-state index in [4.69, 9.17) is 5.73 Å². The van der Waals surface area contributed by atoms with Gasteiger partial charge in [0.05, 0.1) is 24.6 Å². The number of piperazine rings is 1. The van der Waals surface area contributed by atoms with E-state index < -0.39 is 21.7 Å². The number of benzene rings is 3. The standard InChI is InChI=1S/C32H38FN5O4S/c33-30-20-27(31(39)21-34)8-9-28(30)24-38(32(40)37-16-18-43(41,42)19-17-37)29-10-6-26(7-11-29)23-36-14-12-35(13-15-36)22-25-4-2-1-3-5-25/h1-11,20H,12-19,21-24,34H2. The van der Waals surface area contributed by atoms with Crippen LogP contribution in [0.15, 0.2) is 72.8 Å². The molecular weight excluding hydrogens is 569 g/mol. The number of nitrogens with two attached hydrogens (primary N) is 1. The van der Waals surface area contributed by atoms with Crippen molar-refractivity contribution in [1.29, 1.82) is 0 Å². The van der Waals surface area contributed by atoms with Crippen molar-refractivity contribution in [2.24, 2.45) is 5.73 Å². The van der Waals surface area contributed by atoms with Gasteiger partial charge in [-0.3, -0.25) is 19.5 Å². The zero-order valence-corrected chi connectivity index (χ0v) is 25.0. The number of ketones is 1. The zero-order chi connectivity index (χ0) is 30.4. The molecule has 2 heterocycles. The van der Waals surface area contributed by atoms with Gasteiger partial charge in [0.2, 0.25) is 0 Å². The van der Waals surface area contributed by atoms with Crippen LogP contribution in [0, 0.1) is 5.82 Å². The third kappa shape index (κ3) is 8.05. The number of carbonyl (C=O) groups excluding carboxylic acids is 2. The molecule has 3 aromatic rings. The number of hydrogen-bond acceptors (Lipinski definition) is 7. The fourth-order valence-corrected chi connectivity index (χ4v) is 6.67. The normalized spacial score (nSPS) is 17.5. The highest BCUT2D eigenvalue weighted by Gasteiger charge is 2.30. The minimum atomic E-state index is -3.18. The van der Waals surface area contributed by atoms with Crippen molar-refractivity contribution in [3.8, 4) is 0 Å². The van der Waals surface area contributed by atoms with E-state index in [1.165, 1.54) is 27.5 Å². The average Bonchev–Trinajstić information content (AvgIpc) is 3.02. The summed E-state index contributed by atoms with van der Waals surface area (Å²) in [5, 5.41) is 0. The molecule has 11 heteroatoms. The highest BCUT2D eigenvalue weighted by atomic mass is 32.2. The SMILES string of the molecule is NCC(=O)c1ccc(CN(C(=O)N2CCS(=O)(=O)CC2)c2ccc(CN3CCN(Cc4ccccc4)CC3)cc2)c(F)c1. The van der Waals surface area contributed by atoms with E-state index in [1.807, 2.05) is 30.3 Å². The van der Waals surface area contributed by atoms with Crippen molar-refractivity contribution in [2.75, 3.05) is 62.2 Å². The summed E-state index contributed by atoms with van der Waals surface area (Å²) in [5.74, 6) is -1.19. The maximum atomic E-state index is 15.1. The van der Waals surface area contributed by atoms with Gasteiger partial charge in [0, 0.05) is 69.2 Å². The minimum Gasteiger partial charge on any atom is -0.324 e. The van der Waals surface area contributed by atoms with E-state index in [2.05, 4.69) is 34.1 Å². The summed E-state index contributed by atoms with van der Waals surface area (Å²) in [4.78, 5) is 33.4. The zero-order valence-electron chi connectivity index (χ0n) is 24.2. The van der Waals surface area contributed by atoms with E-state index in [9.17, 15) is 18.0 Å². The Morgan fingerprint density at radius 3 is 1.93 bits per heavy atom. The third-order valence-corrected chi connectivity index (χ3v) is 9.71. The van der Waals surface area contributed by atoms with Crippen LogP contribution in [0.3, 0.4) is 0 Å². The van der Waals surface area contributed by atoms with Crippen LogP contribution in [0.2, 0.25) is 0 Å². The molecule has 228 valence electrons. The van der Waals surface area contributed by atoms with Gasteiger partial charge in [-0.1, -0.05) is 54.6 Å². The molecule has 2 N–H and O–H groups in total. The Labute approximate surface area is 252 Å². The van der Waals surface area contributed by atoms with Crippen molar-refractivity contribution in [2.45, 2.75) is 19.6 Å². The Kier molecular flexibility index (Phi) is 9.86. The predicted octanol–water partition coefficient (Wildman–Crippen LogP) is 3.14. The van der Waals surface area contributed by atoms with Gasteiger partial charge in [0.15, 0.2) is 15.6 Å². The predicted molar refractivity (Wildman–Crippen MR) is 165 cm³/mol. The second-order valence-electron chi connectivity index (χ2n) is 11.1. The fraction of sp³-hybridized carbons (Fsp3) is 0.375. The first-order chi connectivity index (χ1) is 20.7. The van der Waals surface area contributed by atoms with Gasteiger partial charge in [-0.15, -0.1) is 0 Å². The summed E-state index contributed by atoms with van der Waals surface area (Å²) in [7, 11) is -3.18. The lowest BCUT2D eigenvalue weighted by Gasteiger charge is -2.35. The van der Waals surface area contributed by atoms with Gasteiger partial charge in [-0.2, -0.15) is 0 Å². The maximum Gasteiger partial charge on any atom is 0.324 e. The molecule has 0 spiro atoms. The lowest BCUT2D eigenvalue weighted by Crippen LogP contribution is -2.49. The Hall–Kier alpha value is -3.64. The highest BCUT2D eigenvalue weighted by molar-refractivity contribution is 7.91. The number of amides is 2. The topological polar surface area (TPSA) is 107 Å². The van der Waals surface area contributed by atoms with Crippen LogP contribution >= 0.6 is 0 Å². The Morgan fingerprint density at radius 1 is 0.791 bits per heavy atom. The van der Waals surface area contributed by atoms with Crippen LogP contribution in [-0.2, 0) is 29.5 Å². The van der Waals surface area contributed by atoms with E-state index in [0.29, 0.717) is 5.69 Å². The Balaban J connectivity index is 1.27. The van der Waals surface area contributed by atoms with Crippen molar-refractivity contribution in [3.05, 3.63) is 101 Å². The van der Waals surface area contributed by atoms with Gasteiger partial charge in [-0.05, 0) is 29.3 Å². The van der Waals surface area contributed by atoms with Crippen LogP contribution in [0.4, 0.5) is 14.9 Å². The number of sulfone groups is 1. The monoisotopic (exact) mass is 607 g/mol. The van der Waals surface area contributed by atoms with E-state index in [0.717, 1.165) is 50.9 Å². The van der Waals surface area contributed by atoms with E-state index >= 15 is 4.39 Å². The number of halogens is 1. The van der Waals surface area contributed by atoms with Crippen molar-refractivity contribution in [1.82, 2.24) is 14.7 Å². The summed E-state index contributed by atoms with van der Waals surface area (Å²) in [5.41, 5.74) is 8.83. The molecule has 2 amide bonds. The Bertz CT molecular complexity index is 1510. The van der Waals surface area contributed by atoms with Gasteiger partial charge >= 0.3 is 6.03 Å². The molecule has 5 rings (SSSR count). The van der Waals surface area contributed by atoms with Gasteiger partial charge in [-0.25, -0.2) is 17.6 Å². The van der Waals surface area contributed by atoms with E-state index in [-0.39, 0.29) is 54.6 Å². The number of Topliss-reactive ketones (excluding diaryl/α,β-unsaturated/α-hetero) is 1. The molecule has 0 bridgehead atoms. The highest BCUT2D eigenvalue weighted by Crippen LogP contribution is 2.24. The summed E-state index contributed by atoms with van der Waals surface area (Å²) in [6.07, 6.45) is 0. The minimum absolute atomic E-state index is 0.0757. The Morgan fingerprint density at radius 2 is 1.37 bits per heavy atom. The molecule has 3 aromatic carbocycles. The number of rotatable bonds is 9. The molecule has 2 saturated heterocycles. The third-order valence-electron chi connectivity index (χ3n) is 8.10. The quantitative estimate of drug-likeness (QED) is 0.373. The summed E-state index contributed by atoms with van der Waals surface area (Å²) in [6.45, 7) is 5.48. The first kappa shape index (κ1) is 30.8. The average molecular weight is 608 g/mol. The number of anilines is 1. The lowest BCUT2D eigenvalue weighted by molar-refractivity contribution is 0.100. The molecule has 2 aliphatic rings. The van der Waals surface area contributed by atoms with Crippen LogP contribution in [0.25, 0.3) is 0 Å². The molecule has 2 aliphatic heterocycles. The van der Waals surface area contributed by atoms with Gasteiger partial charge in [0.25, 0.3) is 0 Å². The first-order valence-corrected chi connectivity index (χ1v) is 16.4. The number of carbonyl (C=O) groups is 2. The molecule has 0 radical (unpaired) electrons. The molecule has 2 fully saturated rings. The van der Waals surface area contributed by atoms with E-state index in [1.54, 1.807) is 0 Å². The van der Waals surface area contributed by atoms with Gasteiger partial charge in [0.1, 0.15) is 5.82 Å².